The number of alkyl halides is 3. The fourth-order valence-corrected chi connectivity index (χ4v) is 4.14. The highest BCUT2D eigenvalue weighted by atomic mass is 32.2. The summed E-state index contributed by atoms with van der Waals surface area (Å²) in [4.78, 5) is 16.2. The molecule has 0 aliphatic carbocycles. The molecule has 0 bridgehead atoms. The van der Waals surface area contributed by atoms with Gasteiger partial charge in [-0.3, -0.25) is 9.78 Å². The molecular formula is C19H16F3N3O3S. The van der Waals surface area contributed by atoms with E-state index >= 15 is 0 Å². The molecule has 0 spiro atoms. The van der Waals surface area contributed by atoms with Crippen molar-refractivity contribution in [3.8, 4) is 0 Å². The number of para-hydroxylation sites is 1. The van der Waals surface area contributed by atoms with Crippen molar-refractivity contribution in [3.05, 3.63) is 66.5 Å². The van der Waals surface area contributed by atoms with Crippen molar-refractivity contribution in [1.82, 2.24) is 9.29 Å². The zero-order valence-electron chi connectivity index (χ0n) is 15.1. The molecule has 6 nitrogen and oxygen atoms in total. The number of likely N-dealkylation sites (N-methyl/N-ethyl adjacent to an activating group) is 1. The third-order valence-electron chi connectivity index (χ3n) is 4.20. The van der Waals surface area contributed by atoms with Crippen LogP contribution in [0.4, 0.5) is 18.9 Å². The van der Waals surface area contributed by atoms with E-state index in [9.17, 15) is 26.4 Å². The summed E-state index contributed by atoms with van der Waals surface area (Å²) in [5.41, 5.74) is -1.45. The minimum absolute atomic E-state index is 0.0246. The highest BCUT2D eigenvalue weighted by molar-refractivity contribution is 7.89. The van der Waals surface area contributed by atoms with Crippen LogP contribution >= 0.6 is 0 Å². The van der Waals surface area contributed by atoms with Crippen LogP contribution in [-0.2, 0) is 21.0 Å². The first-order valence-electron chi connectivity index (χ1n) is 8.36. The summed E-state index contributed by atoms with van der Waals surface area (Å²) in [5.74, 6) is -0.894. The average Bonchev–Trinajstić information content (AvgIpc) is 2.67. The molecule has 0 unspecified atom stereocenters. The van der Waals surface area contributed by atoms with Gasteiger partial charge in [0.15, 0.2) is 0 Å². The Morgan fingerprint density at radius 3 is 2.55 bits per heavy atom. The lowest BCUT2D eigenvalue weighted by molar-refractivity contribution is -0.137. The maximum Gasteiger partial charge on any atom is 0.418 e. The van der Waals surface area contributed by atoms with Crippen molar-refractivity contribution in [3.63, 3.8) is 0 Å². The van der Waals surface area contributed by atoms with Gasteiger partial charge in [-0.25, -0.2) is 8.42 Å². The van der Waals surface area contributed by atoms with Gasteiger partial charge < -0.3 is 5.32 Å². The number of carbonyl (C=O) groups excluding carboxylic acids is 1. The summed E-state index contributed by atoms with van der Waals surface area (Å²) in [7, 11) is -2.88. The van der Waals surface area contributed by atoms with Crippen LogP contribution in [0.15, 0.2) is 65.8 Å². The number of aromatic nitrogens is 1. The first-order chi connectivity index (χ1) is 13.6. The number of hydrogen-bond acceptors (Lipinski definition) is 4. The molecule has 3 aromatic rings. The van der Waals surface area contributed by atoms with Crippen molar-refractivity contribution >= 4 is 32.4 Å². The van der Waals surface area contributed by atoms with Crippen molar-refractivity contribution < 1.29 is 26.4 Å². The molecule has 1 amide bonds. The SMILES string of the molecule is CN(CC(=O)Nc1ccccc1C(F)(F)F)S(=O)(=O)c1cccc2cnccc12. The van der Waals surface area contributed by atoms with Crippen LogP contribution in [0.1, 0.15) is 5.56 Å². The van der Waals surface area contributed by atoms with Gasteiger partial charge in [0, 0.05) is 30.2 Å². The Balaban J connectivity index is 1.83. The van der Waals surface area contributed by atoms with Gasteiger partial charge in [0.25, 0.3) is 0 Å². The second-order valence-electron chi connectivity index (χ2n) is 6.21. The van der Waals surface area contributed by atoms with E-state index in [4.69, 9.17) is 0 Å². The Bertz CT molecular complexity index is 1160. The molecule has 1 aromatic heterocycles. The summed E-state index contributed by atoms with van der Waals surface area (Å²) >= 11 is 0. The van der Waals surface area contributed by atoms with Gasteiger partial charge in [-0.15, -0.1) is 0 Å². The maximum absolute atomic E-state index is 13.1. The minimum Gasteiger partial charge on any atom is -0.324 e. The summed E-state index contributed by atoms with van der Waals surface area (Å²) in [5, 5.41) is 3.16. The minimum atomic E-state index is -4.65. The molecular weight excluding hydrogens is 407 g/mol. The Morgan fingerprint density at radius 1 is 1.10 bits per heavy atom. The molecule has 10 heteroatoms. The van der Waals surface area contributed by atoms with Crippen molar-refractivity contribution in [2.75, 3.05) is 18.9 Å². The van der Waals surface area contributed by atoms with Crippen LogP contribution in [0, 0.1) is 0 Å². The van der Waals surface area contributed by atoms with Crippen LogP contribution in [0.5, 0.6) is 0 Å². The standard InChI is InChI=1S/C19H16F3N3O3S/c1-25(12-18(26)24-16-7-3-2-6-15(16)19(20,21)22)29(27,28)17-8-4-5-13-11-23-10-9-14(13)17/h2-11H,12H2,1H3,(H,24,26). The second-order valence-corrected chi connectivity index (χ2v) is 8.22. The number of fused-ring (bicyclic) bond motifs is 1. The van der Waals surface area contributed by atoms with E-state index in [0.717, 1.165) is 16.4 Å². The number of halogens is 3. The first kappa shape index (κ1) is 20.7. The first-order valence-corrected chi connectivity index (χ1v) is 9.80. The summed E-state index contributed by atoms with van der Waals surface area (Å²) in [6.07, 6.45) is -1.70. The molecule has 0 saturated heterocycles. The monoisotopic (exact) mass is 423 g/mol. The van der Waals surface area contributed by atoms with E-state index in [2.05, 4.69) is 10.3 Å². The number of benzene rings is 2. The highest BCUT2D eigenvalue weighted by Gasteiger charge is 2.34. The van der Waals surface area contributed by atoms with Crippen molar-refractivity contribution in [2.45, 2.75) is 11.1 Å². The van der Waals surface area contributed by atoms with Crippen LogP contribution in [0.2, 0.25) is 0 Å². The van der Waals surface area contributed by atoms with Gasteiger partial charge >= 0.3 is 6.18 Å². The number of amides is 1. The molecule has 2 aromatic carbocycles. The van der Waals surface area contributed by atoms with Crippen molar-refractivity contribution in [2.24, 2.45) is 0 Å². The molecule has 0 saturated carbocycles. The Kier molecular flexibility index (Phi) is 5.58. The number of nitrogens with zero attached hydrogens (tertiary/aromatic N) is 2. The zero-order chi connectivity index (χ0) is 21.2. The predicted octanol–water partition coefficient (Wildman–Crippen LogP) is 3.51. The maximum atomic E-state index is 13.1. The quantitative estimate of drug-likeness (QED) is 0.681. The Morgan fingerprint density at radius 2 is 1.83 bits per heavy atom. The number of anilines is 1. The molecule has 152 valence electrons. The Hall–Kier alpha value is -2.98. The van der Waals surface area contributed by atoms with Gasteiger partial charge in [-0.1, -0.05) is 24.3 Å². The van der Waals surface area contributed by atoms with Gasteiger partial charge in [-0.05, 0) is 24.3 Å². The number of sulfonamides is 1. The van der Waals surface area contributed by atoms with E-state index in [1.165, 1.54) is 43.7 Å². The van der Waals surface area contributed by atoms with E-state index in [0.29, 0.717) is 10.8 Å². The fraction of sp³-hybridized carbons (Fsp3) is 0.158. The smallest absolute Gasteiger partial charge is 0.324 e. The van der Waals surface area contributed by atoms with E-state index < -0.39 is 39.9 Å². The third-order valence-corrected chi connectivity index (χ3v) is 6.06. The average molecular weight is 423 g/mol. The van der Waals surface area contributed by atoms with Gasteiger partial charge in [0.05, 0.1) is 22.7 Å². The van der Waals surface area contributed by atoms with Crippen LogP contribution in [0.25, 0.3) is 10.8 Å². The number of pyridine rings is 1. The molecule has 0 aliphatic heterocycles. The summed E-state index contributed by atoms with van der Waals surface area (Å²) in [6, 6.07) is 10.7. The fourth-order valence-electron chi connectivity index (χ4n) is 2.80. The topological polar surface area (TPSA) is 79.4 Å². The molecule has 0 radical (unpaired) electrons. The van der Waals surface area contributed by atoms with Crippen LogP contribution < -0.4 is 5.32 Å². The summed E-state index contributed by atoms with van der Waals surface area (Å²) < 4.78 is 65.8. The Labute approximate surface area is 165 Å². The van der Waals surface area contributed by atoms with Crippen LogP contribution in [-0.4, -0.2) is 37.2 Å². The van der Waals surface area contributed by atoms with E-state index in [1.54, 1.807) is 12.1 Å². The molecule has 1 N–H and O–H groups in total. The van der Waals surface area contributed by atoms with Crippen molar-refractivity contribution in [1.29, 1.82) is 0 Å². The van der Waals surface area contributed by atoms with Crippen LogP contribution in [0.3, 0.4) is 0 Å². The van der Waals surface area contributed by atoms with Gasteiger partial charge in [0.1, 0.15) is 0 Å². The lowest BCUT2D eigenvalue weighted by Crippen LogP contribution is -2.35. The second kappa shape index (κ2) is 7.80. The number of rotatable bonds is 5. The number of hydrogen-bond donors (Lipinski definition) is 1. The largest absolute Gasteiger partial charge is 0.418 e. The predicted molar refractivity (Wildman–Crippen MR) is 102 cm³/mol. The highest BCUT2D eigenvalue weighted by Crippen LogP contribution is 2.34. The zero-order valence-corrected chi connectivity index (χ0v) is 16.0. The lowest BCUT2D eigenvalue weighted by Gasteiger charge is -2.19. The molecule has 0 aliphatic rings. The number of carbonyl (C=O) groups is 1. The summed E-state index contributed by atoms with van der Waals surface area (Å²) in [6.45, 7) is -0.657. The normalized spacial score (nSPS) is 12.3. The van der Waals surface area contributed by atoms with E-state index in [1.807, 2.05) is 0 Å². The molecule has 29 heavy (non-hydrogen) atoms. The molecule has 0 fully saturated rings. The molecule has 1 heterocycles. The molecule has 3 rings (SSSR count). The van der Waals surface area contributed by atoms with E-state index in [-0.39, 0.29) is 4.90 Å². The lowest BCUT2D eigenvalue weighted by atomic mass is 10.1. The van der Waals surface area contributed by atoms with Gasteiger partial charge in [0.2, 0.25) is 15.9 Å². The third kappa shape index (κ3) is 4.38. The molecule has 0 atom stereocenters. The van der Waals surface area contributed by atoms with Gasteiger partial charge in [-0.2, -0.15) is 17.5 Å². The number of nitrogens with one attached hydrogen (secondary N) is 1.